The van der Waals surface area contributed by atoms with Gasteiger partial charge in [-0.1, -0.05) is 42.3 Å². The van der Waals surface area contributed by atoms with E-state index in [2.05, 4.69) is 53.3 Å². The smallest absolute Gasteiger partial charge is 0.0595 e. The molecule has 0 radical (unpaired) electrons. The highest BCUT2D eigenvalue weighted by atomic mass is 79.9. The third-order valence-corrected chi connectivity index (χ3v) is 4.60. The van der Waals surface area contributed by atoms with Crippen molar-refractivity contribution in [2.24, 2.45) is 0 Å². The summed E-state index contributed by atoms with van der Waals surface area (Å²) in [5.41, 5.74) is 3.44. The first-order valence-corrected chi connectivity index (χ1v) is 8.03. The van der Waals surface area contributed by atoms with Gasteiger partial charge in [0.05, 0.1) is 16.1 Å². The Morgan fingerprint density at radius 1 is 1.10 bits per heavy atom. The predicted octanol–water partition coefficient (Wildman–Crippen LogP) is 6.63. The van der Waals surface area contributed by atoms with Gasteiger partial charge < -0.3 is 5.32 Å². The quantitative estimate of drug-likeness (QED) is 0.635. The van der Waals surface area contributed by atoms with Crippen LogP contribution in [0.5, 0.6) is 0 Å². The summed E-state index contributed by atoms with van der Waals surface area (Å²) < 4.78 is 1.07. The van der Waals surface area contributed by atoms with Crippen molar-refractivity contribution in [3.63, 3.8) is 0 Å². The predicted molar refractivity (Wildman–Crippen MR) is 92.0 cm³/mol. The molecule has 0 fully saturated rings. The van der Waals surface area contributed by atoms with Gasteiger partial charge in [-0.05, 0) is 64.7 Å². The first-order chi connectivity index (χ1) is 9.51. The Hall–Kier alpha value is -0.700. The minimum atomic E-state index is 0.198. The summed E-state index contributed by atoms with van der Waals surface area (Å²) in [6, 6.07) is 12.3. The van der Waals surface area contributed by atoms with Crippen molar-refractivity contribution < 1.29 is 0 Å². The Kier molecular flexibility index (Phi) is 5.36. The van der Waals surface area contributed by atoms with Gasteiger partial charge in [0, 0.05) is 10.2 Å². The molecule has 4 heteroatoms. The lowest BCUT2D eigenvalue weighted by molar-refractivity contribution is 0.749. The molecule has 1 atom stereocenters. The number of hydrogen-bond acceptors (Lipinski definition) is 1. The fraction of sp³-hybridized carbons (Fsp3) is 0.250. The molecule has 0 spiro atoms. The van der Waals surface area contributed by atoms with E-state index in [-0.39, 0.29) is 6.04 Å². The van der Waals surface area contributed by atoms with Crippen LogP contribution < -0.4 is 5.32 Å². The average molecular weight is 373 g/mol. The van der Waals surface area contributed by atoms with E-state index in [0.29, 0.717) is 10.0 Å². The minimum absolute atomic E-state index is 0.198. The molecule has 1 N–H and O–H groups in total. The van der Waals surface area contributed by atoms with Gasteiger partial charge >= 0.3 is 0 Å². The number of anilines is 1. The molecule has 0 aliphatic carbocycles. The third-order valence-electron chi connectivity index (χ3n) is 3.21. The van der Waals surface area contributed by atoms with Crippen LogP contribution in [0.1, 0.15) is 30.5 Å². The fourth-order valence-electron chi connectivity index (χ4n) is 2.08. The largest absolute Gasteiger partial charge is 0.377 e. The number of aryl methyl sites for hydroxylation is 1. The second-order valence-electron chi connectivity index (χ2n) is 4.76. The SMILES string of the molecule is CCC(Nc1ccc(C)cc1Br)c1ccc(Cl)c(Cl)c1. The highest BCUT2D eigenvalue weighted by Crippen LogP contribution is 2.31. The molecule has 2 rings (SSSR count). The second kappa shape index (κ2) is 6.84. The summed E-state index contributed by atoms with van der Waals surface area (Å²) in [6.45, 7) is 4.22. The average Bonchev–Trinajstić information content (AvgIpc) is 2.41. The lowest BCUT2D eigenvalue weighted by Gasteiger charge is -2.20. The second-order valence-corrected chi connectivity index (χ2v) is 6.43. The summed E-state index contributed by atoms with van der Waals surface area (Å²) in [5.74, 6) is 0. The summed E-state index contributed by atoms with van der Waals surface area (Å²) >= 11 is 15.7. The van der Waals surface area contributed by atoms with Gasteiger partial charge in [0.2, 0.25) is 0 Å². The molecule has 106 valence electrons. The van der Waals surface area contributed by atoms with Gasteiger partial charge in [0.15, 0.2) is 0 Å². The van der Waals surface area contributed by atoms with Crippen molar-refractivity contribution in [3.8, 4) is 0 Å². The van der Waals surface area contributed by atoms with E-state index >= 15 is 0 Å². The van der Waals surface area contributed by atoms with Crippen molar-refractivity contribution in [2.75, 3.05) is 5.32 Å². The zero-order valence-electron chi connectivity index (χ0n) is 11.4. The Morgan fingerprint density at radius 3 is 2.45 bits per heavy atom. The zero-order chi connectivity index (χ0) is 14.7. The van der Waals surface area contributed by atoms with Crippen LogP contribution >= 0.6 is 39.1 Å². The van der Waals surface area contributed by atoms with Gasteiger partial charge in [0.25, 0.3) is 0 Å². The molecule has 0 aliphatic rings. The molecule has 2 aromatic rings. The van der Waals surface area contributed by atoms with Crippen LogP contribution in [0.2, 0.25) is 10.0 Å². The van der Waals surface area contributed by atoms with Crippen molar-refractivity contribution in [2.45, 2.75) is 26.3 Å². The van der Waals surface area contributed by atoms with E-state index < -0.39 is 0 Å². The van der Waals surface area contributed by atoms with Crippen molar-refractivity contribution >= 4 is 44.8 Å². The molecule has 1 unspecified atom stereocenters. The lowest BCUT2D eigenvalue weighted by Crippen LogP contribution is -2.10. The molecule has 20 heavy (non-hydrogen) atoms. The Labute approximate surface area is 138 Å². The topological polar surface area (TPSA) is 12.0 Å². The van der Waals surface area contributed by atoms with Crippen LogP contribution in [0, 0.1) is 6.92 Å². The number of rotatable bonds is 4. The number of halogens is 3. The fourth-order valence-corrected chi connectivity index (χ4v) is 2.99. The summed E-state index contributed by atoms with van der Waals surface area (Å²) in [5, 5.41) is 4.71. The van der Waals surface area contributed by atoms with E-state index in [1.165, 1.54) is 5.56 Å². The molecule has 2 aromatic carbocycles. The Balaban J connectivity index is 2.26. The van der Waals surface area contributed by atoms with Gasteiger partial charge in [0.1, 0.15) is 0 Å². The van der Waals surface area contributed by atoms with Crippen LogP contribution in [0.15, 0.2) is 40.9 Å². The molecule has 0 amide bonds. The lowest BCUT2D eigenvalue weighted by atomic mass is 10.0. The monoisotopic (exact) mass is 371 g/mol. The summed E-state index contributed by atoms with van der Waals surface area (Å²) in [7, 11) is 0. The molecular formula is C16H16BrCl2N. The van der Waals surface area contributed by atoms with E-state index in [4.69, 9.17) is 23.2 Å². The molecule has 0 saturated carbocycles. The summed E-state index contributed by atoms with van der Waals surface area (Å²) in [4.78, 5) is 0. The maximum absolute atomic E-state index is 6.10. The van der Waals surface area contributed by atoms with E-state index in [1.807, 2.05) is 18.2 Å². The van der Waals surface area contributed by atoms with Gasteiger partial charge in [-0.2, -0.15) is 0 Å². The molecule has 0 aliphatic heterocycles. The third kappa shape index (κ3) is 3.69. The minimum Gasteiger partial charge on any atom is -0.377 e. The van der Waals surface area contributed by atoms with Crippen LogP contribution in [0.25, 0.3) is 0 Å². The van der Waals surface area contributed by atoms with Crippen molar-refractivity contribution in [3.05, 3.63) is 62.0 Å². The Bertz CT molecular complexity index is 613. The maximum Gasteiger partial charge on any atom is 0.0595 e. The molecule has 0 aromatic heterocycles. The molecule has 0 bridgehead atoms. The van der Waals surface area contributed by atoms with E-state index in [9.17, 15) is 0 Å². The number of benzene rings is 2. The molecule has 1 nitrogen and oxygen atoms in total. The van der Waals surface area contributed by atoms with Crippen molar-refractivity contribution in [1.29, 1.82) is 0 Å². The van der Waals surface area contributed by atoms with Crippen LogP contribution in [0.4, 0.5) is 5.69 Å². The van der Waals surface area contributed by atoms with Crippen LogP contribution in [0.3, 0.4) is 0 Å². The first-order valence-electron chi connectivity index (χ1n) is 6.49. The molecule has 0 heterocycles. The first kappa shape index (κ1) is 15.7. The standard InChI is InChI=1S/C16H16BrCl2N/c1-3-15(11-5-6-13(18)14(19)9-11)20-16-7-4-10(2)8-12(16)17/h4-9,15,20H,3H2,1-2H3. The van der Waals surface area contributed by atoms with Crippen molar-refractivity contribution in [1.82, 2.24) is 0 Å². The van der Waals surface area contributed by atoms with E-state index in [0.717, 1.165) is 22.1 Å². The highest BCUT2D eigenvalue weighted by molar-refractivity contribution is 9.10. The van der Waals surface area contributed by atoms with Gasteiger partial charge in [-0.25, -0.2) is 0 Å². The van der Waals surface area contributed by atoms with Gasteiger partial charge in [-0.3, -0.25) is 0 Å². The number of hydrogen-bond donors (Lipinski definition) is 1. The van der Waals surface area contributed by atoms with Crippen LogP contribution in [-0.2, 0) is 0 Å². The van der Waals surface area contributed by atoms with Gasteiger partial charge in [-0.15, -0.1) is 0 Å². The highest BCUT2D eigenvalue weighted by Gasteiger charge is 2.12. The van der Waals surface area contributed by atoms with Crippen LogP contribution in [-0.4, -0.2) is 0 Å². The summed E-state index contributed by atoms with van der Waals surface area (Å²) in [6.07, 6.45) is 0.957. The normalized spacial score (nSPS) is 12.2. The molecule has 0 saturated heterocycles. The maximum atomic E-state index is 6.10. The number of nitrogens with one attached hydrogen (secondary N) is 1. The van der Waals surface area contributed by atoms with E-state index in [1.54, 1.807) is 0 Å². The Morgan fingerprint density at radius 2 is 1.85 bits per heavy atom. The zero-order valence-corrected chi connectivity index (χ0v) is 14.5. The molecular weight excluding hydrogens is 357 g/mol.